The predicted molar refractivity (Wildman–Crippen MR) is 53.1 cm³/mol. The molecule has 0 aliphatic rings. The van der Waals surface area contributed by atoms with Gasteiger partial charge in [-0.1, -0.05) is 0 Å². The molecule has 1 heterocycles. The minimum absolute atomic E-state index is 0.436. The fourth-order valence-electron chi connectivity index (χ4n) is 1.50. The van der Waals surface area contributed by atoms with Gasteiger partial charge in [-0.3, -0.25) is 4.98 Å². The summed E-state index contributed by atoms with van der Waals surface area (Å²) in [6.45, 7) is 0. The molecule has 0 N–H and O–H groups in total. The summed E-state index contributed by atoms with van der Waals surface area (Å²) in [6.07, 6.45) is -8.08. The van der Waals surface area contributed by atoms with E-state index < -0.39 is 47.3 Å². The average Bonchev–Trinajstić information content (AvgIpc) is 2.27. The SMILES string of the molecule is N#CCc1cnc(CCl)c(C(F)(F)F)c1C(F)F. The lowest BCUT2D eigenvalue weighted by atomic mass is 9.99. The van der Waals surface area contributed by atoms with Crippen LogP contribution in [0.3, 0.4) is 0 Å². The number of aromatic nitrogens is 1. The second-order valence-electron chi connectivity index (χ2n) is 3.29. The van der Waals surface area contributed by atoms with Crippen LogP contribution in [0, 0.1) is 11.3 Å². The van der Waals surface area contributed by atoms with Crippen LogP contribution in [0.5, 0.6) is 0 Å². The van der Waals surface area contributed by atoms with Crippen LogP contribution < -0.4 is 0 Å². The Kier molecular flexibility index (Phi) is 4.46. The van der Waals surface area contributed by atoms with E-state index in [-0.39, 0.29) is 0 Å². The van der Waals surface area contributed by atoms with E-state index in [9.17, 15) is 22.0 Å². The van der Waals surface area contributed by atoms with E-state index in [4.69, 9.17) is 16.9 Å². The molecule has 0 atom stereocenters. The number of nitrogens with zero attached hydrogens (tertiary/aromatic N) is 2. The summed E-state index contributed by atoms with van der Waals surface area (Å²) in [5.74, 6) is -0.638. The third-order valence-electron chi connectivity index (χ3n) is 2.18. The molecule has 0 aliphatic heterocycles. The number of rotatable bonds is 3. The van der Waals surface area contributed by atoms with Gasteiger partial charge in [0.05, 0.1) is 29.6 Å². The normalized spacial score (nSPS) is 11.7. The molecular weight excluding hydrogens is 279 g/mol. The minimum atomic E-state index is -4.99. The van der Waals surface area contributed by atoms with Gasteiger partial charge >= 0.3 is 6.18 Å². The Balaban J connectivity index is 3.60. The van der Waals surface area contributed by atoms with Crippen molar-refractivity contribution in [3.05, 3.63) is 28.6 Å². The van der Waals surface area contributed by atoms with Crippen LogP contribution in [0.25, 0.3) is 0 Å². The summed E-state index contributed by atoms with van der Waals surface area (Å²) < 4.78 is 63.8. The molecule has 1 aromatic heterocycles. The molecule has 0 bridgehead atoms. The van der Waals surface area contributed by atoms with Crippen molar-refractivity contribution in [2.45, 2.75) is 24.9 Å². The average molecular weight is 285 g/mol. The number of nitriles is 1. The van der Waals surface area contributed by atoms with E-state index in [0.717, 1.165) is 6.20 Å². The molecule has 0 radical (unpaired) electrons. The maximum absolute atomic E-state index is 12.8. The van der Waals surface area contributed by atoms with E-state index in [0.29, 0.717) is 0 Å². The quantitative estimate of drug-likeness (QED) is 0.624. The highest BCUT2D eigenvalue weighted by Crippen LogP contribution is 2.40. The lowest BCUT2D eigenvalue weighted by Gasteiger charge is -2.17. The second kappa shape index (κ2) is 5.48. The van der Waals surface area contributed by atoms with Gasteiger partial charge in [0.15, 0.2) is 0 Å². The van der Waals surface area contributed by atoms with Crippen molar-refractivity contribution in [2.75, 3.05) is 0 Å². The molecule has 1 rings (SSSR count). The third-order valence-corrected chi connectivity index (χ3v) is 2.43. The summed E-state index contributed by atoms with van der Waals surface area (Å²) in [5, 5.41) is 8.42. The summed E-state index contributed by atoms with van der Waals surface area (Å²) >= 11 is 5.27. The fraction of sp³-hybridized carbons (Fsp3) is 0.400. The zero-order chi connectivity index (χ0) is 13.9. The van der Waals surface area contributed by atoms with E-state index in [1.165, 1.54) is 6.07 Å². The first kappa shape index (κ1) is 14.6. The highest BCUT2D eigenvalue weighted by molar-refractivity contribution is 6.17. The Morgan fingerprint density at radius 2 is 2.00 bits per heavy atom. The van der Waals surface area contributed by atoms with E-state index in [2.05, 4.69) is 4.98 Å². The van der Waals surface area contributed by atoms with Gasteiger partial charge in [-0.25, -0.2) is 8.78 Å². The lowest BCUT2D eigenvalue weighted by Crippen LogP contribution is -2.16. The summed E-state index contributed by atoms with van der Waals surface area (Å²) in [4.78, 5) is 3.39. The van der Waals surface area contributed by atoms with Crippen molar-refractivity contribution in [3.8, 4) is 6.07 Å². The molecule has 98 valence electrons. The smallest absolute Gasteiger partial charge is 0.259 e. The number of hydrogen-bond acceptors (Lipinski definition) is 2. The lowest BCUT2D eigenvalue weighted by molar-refractivity contribution is -0.140. The molecule has 0 aromatic carbocycles. The highest BCUT2D eigenvalue weighted by Gasteiger charge is 2.40. The van der Waals surface area contributed by atoms with Crippen LogP contribution in [0.2, 0.25) is 0 Å². The van der Waals surface area contributed by atoms with Crippen LogP contribution in [0.4, 0.5) is 22.0 Å². The largest absolute Gasteiger partial charge is 0.418 e. The zero-order valence-corrected chi connectivity index (χ0v) is 9.49. The van der Waals surface area contributed by atoms with Gasteiger partial charge in [-0.05, 0) is 5.56 Å². The topological polar surface area (TPSA) is 36.7 Å². The van der Waals surface area contributed by atoms with Gasteiger partial charge in [-0.2, -0.15) is 18.4 Å². The van der Waals surface area contributed by atoms with Gasteiger partial charge in [0, 0.05) is 11.8 Å². The Bertz CT molecular complexity index is 478. The molecule has 18 heavy (non-hydrogen) atoms. The molecule has 0 fully saturated rings. The maximum atomic E-state index is 12.8. The van der Waals surface area contributed by atoms with E-state index in [1.807, 2.05) is 0 Å². The first-order valence-electron chi connectivity index (χ1n) is 4.61. The third kappa shape index (κ3) is 2.88. The van der Waals surface area contributed by atoms with Crippen molar-refractivity contribution in [3.63, 3.8) is 0 Å². The number of pyridine rings is 1. The first-order valence-corrected chi connectivity index (χ1v) is 5.15. The molecule has 0 amide bonds. The van der Waals surface area contributed by atoms with Gasteiger partial charge in [0.25, 0.3) is 6.43 Å². The standard InChI is InChI=1S/C10H6ClF5N2/c11-3-6-8(10(14,15)16)7(9(12)13)5(1-2-17)4-18-6/h4,9H,1,3H2. The molecule has 0 saturated carbocycles. The molecule has 0 spiro atoms. The Labute approximate surface area is 104 Å². The van der Waals surface area contributed by atoms with Crippen LogP contribution >= 0.6 is 11.6 Å². The molecule has 2 nitrogen and oxygen atoms in total. The number of hydrogen-bond donors (Lipinski definition) is 0. The maximum Gasteiger partial charge on any atom is 0.418 e. The Morgan fingerprint density at radius 3 is 2.39 bits per heavy atom. The van der Waals surface area contributed by atoms with Gasteiger partial charge < -0.3 is 0 Å². The second-order valence-corrected chi connectivity index (χ2v) is 3.55. The predicted octanol–water partition coefficient (Wildman–Crippen LogP) is 3.84. The zero-order valence-electron chi connectivity index (χ0n) is 8.73. The molecule has 0 unspecified atom stereocenters. The molecular formula is C10H6ClF5N2. The highest BCUT2D eigenvalue weighted by atomic mass is 35.5. The van der Waals surface area contributed by atoms with Crippen molar-refractivity contribution in [2.24, 2.45) is 0 Å². The monoisotopic (exact) mass is 284 g/mol. The number of halogens is 6. The summed E-state index contributed by atoms with van der Waals surface area (Å²) in [5.41, 5.74) is -3.86. The Morgan fingerprint density at radius 1 is 1.39 bits per heavy atom. The molecule has 1 aromatic rings. The Hall–Kier alpha value is -1.42. The summed E-state index contributed by atoms with van der Waals surface area (Å²) in [6, 6.07) is 1.52. The van der Waals surface area contributed by atoms with Gasteiger partial charge in [-0.15, -0.1) is 11.6 Å². The van der Waals surface area contributed by atoms with Crippen molar-refractivity contribution in [1.82, 2.24) is 4.98 Å². The molecule has 0 saturated heterocycles. The van der Waals surface area contributed by atoms with Crippen LogP contribution in [0.15, 0.2) is 6.20 Å². The summed E-state index contributed by atoms with van der Waals surface area (Å²) in [7, 11) is 0. The molecule has 8 heteroatoms. The molecule has 0 aliphatic carbocycles. The van der Waals surface area contributed by atoms with Crippen LogP contribution in [-0.4, -0.2) is 4.98 Å². The van der Waals surface area contributed by atoms with Crippen molar-refractivity contribution < 1.29 is 22.0 Å². The van der Waals surface area contributed by atoms with Crippen molar-refractivity contribution in [1.29, 1.82) is 5.26 Å². The first-order chi connectivity index (χ1) is 8.32. The van der Waals surface area contributed by atoms with Crippen LogP contribution in [0.1, 0.15) is 28.8 Å². The van der Waals surface area contributed by atoms with Crippen molar-refractivity contribution >= 4 is 11.6 Å². The van der Waals surface area contributed by atoms with E-state index >= 15 is 0 Å². The van der Waals surface area contributed by atoms with Gasteiger partial charge in [0.1, 0.15) is 0 Å². The number of alkyl halides is 6. The van der Waals surface area contributed by atoms with E-state index in [1.54, 1.807) is 0 Å². The van der Waals surface area contributed by atoms with Crippen LogP contribution in [-0.2, 0) is 18.5 Å². The minimum Gasteiger partial charge on any atom is -0.259 e. The van der Waals surface area contributed by atoms with Gasteiger partial charge in [0.2, 0.25) is 0 Å². The fourth-order valence-corrected chi connectivity index (χ4v) is 1.70.